The van der Waals surface area contributed by atoms with Crippen LogP contribution in [0.2, 0.25) is 10.0 Å². The van der Waals surface area contributed by atoms with E-state index in [2.05, 4.69) is 15.3 Å². The fourth-order valence-corrected chi connectivity index (χ4v) is 5.00. The maximum absolute atomic E-state index is 14.6. The standard InChI is InChI=1S/C23H18Cl2F4N4O3/c1-35-16-6-15-12(21(31-9-30-15)32-14-3-2-13(24)18(25)19(14)26)5-17(16)36-20-10-4-11(20)8-33(7-10)22(34)23(27,28)29/h2-3,5-6,9-11,20H,4,7-8H2,1H3,(H,30,31,32)/t10-,11+,20?. The van der Waals surface area contributed by atoms with E-state index in [0.29, 0.717) is 28.8 Å². The second-order valence-corrected chi connectivity index (χ2v) is 9.42. The van der Waals surface area contributed by atoms with Crippen molar-refractivity contribution in [2.45, 2.75) is 18.7 Å². The summed E-state index contributed by atoms with van der Waals surface area (Å²) >= 11 is 11.8. The van der Waals surface area contributed by atoms with Gasteiger partial charge in [-0.3, -0.25) is 4.79 Å². The molecular weight excluding hydrogens is 527 g/mol. The van der Waals surface area contributed by atoms with E-state index in [1.165, 1.54) is 25.6 Å². The highest BCUT2D eigenvalue weighted by Gasteiger charge is 2.53. The summed E-state index contributed by atoms with van der Waals surface area (Å²) in [5, 5.41) is 3.20. The third-order valence-electron chi connectivity index (χ3n) is 6.45. The van der Waals surface area contributed by atoms with Gasteiger partial charge in [-0.15, -0.1) is 0 Å². The predicted octanol–water partition coefficient (Wildman–Crippen LogP) is 5.62. The first-order valence-electron chi connectivity index (χ1n) is 10.8. The number of hydrogen-bond acceptors (Lipinski definition) is 6. The monoisotopic (exact) mass is 544 g/mol. The molecule has 190 valence electrons. The van der Waals surface area contributed by atoms with Gasteiger partial charge < -0.3 is 19.7 Å². The Balaban J connectivity index is 1.42. The number of hydrogen-bond donors (Lipinski definition) is 1. The highest BCUT2D eigenvalue weighted by atomic mass is 35.5. The zero-order valence-electron chi connectivity index (χ0n) is 18.6. The number of alkyl halides is 3. The van der Waals surface area contributed by atoms with Crippen LogP contribution in [0.15, 0.2) is 30.6 Å². The average Bonchev–Trinajstić information content (AvgIpc) is 2.86. The molecule has 13 heteroatoms. The van der Waals surface area contributed by atoms with Gasteiger partial charge in [-0.1, -0.05) is 23.2 Å². The summed E-state index contributed by atoms with van der Waals surface area (Å²) in [6.45, 7) is -0.0795. The molecule has 1 aliphatic carbocycles. The van der Waals surface area contributed by atoms with Gasteiger partial charge in [0.15, 0.2) is 17.3 Å². The van der Waals surface area contributed by atoms with Crippen molar-refractivity contribution >= 4 is 51.5 Å². The first-order chi connectivity index (χ1) is 17.1. The molecule has 1 amide bonds. The van der Waals surface area contributed by atoms with Crippen LogP contribution in [-0.4, -0.2) is 53.3 Å². The molecule has 3 atom stereocenters. The van der Waals surface area contributed by atoms with E-state index in [-0.39, 0.29) is 52.6 Å². The Morgan fingerprint density at radius 2 is 1.86 bits per heavy atom. The Hall–Kier alpha value is -3.05. The maximum atomic E-state index is 14.6. The van der Waals surface area contributed by atoms with Crippen LogP contribution >= 0.6 is 23.2 Å². The first-order valence-corrected chi connectivity index (χ1v) is 11.6. The molecule has 2 bridgehead atoms. The van der Waals surface area contributed by atoms with Crippen LogP contribution in [0.4, 0.5) is 29.1 Å². The topological polar surface area (TPSA) is 76.6 Å². The fraction of sp³-hybridized carbons (Fsp3) is 0.348. The van der Waals surface area contributed by atoms with Crippen molar-refractivity contribution in [3.05, 3.63) is 46.5 Å². The quantitative estimate of drug-likeness (QED) is 0.332. The predicted molar refractivity (Wildman–Crippen MR) is 124 cm³/mol. The van der Waals surface area contributed by atoms with E-state index in [0.717, 1.165) is 4.90 Å². The molecule has 1 N–H and O–H groups in total. The Labute approximate surface area is 212 Å². The fourth-order valence-electron chi connectivity index (χ4n) is 4.69. The van der Waals surface area contributed by atoms with Gasteiger partial charge in [-0.05, 0) is 24.6 Å². The number of nitrogens with one attached hydrogen (secondary N) is 1. The second-order valence-electron chi connectivity index (χ2n) is 8.64. The van der Waals surface area contributed by atoms with E-state index in [4.69, 9.17) is 32.7 Å². The molecule has 2 fully saturated rings. The molecule has 36 heavy (non-hydrogen) atoms. The molecule has 0 radical (unpaired) electrons. The van der Waals surface area contributed by atoms with Crippen molar-refractivity contribution in [3.8, 4) is 11.5 Å². The number of aromatic nitrogens is 2. The lowest BCUT2D eigenvalue weighted by Crippen LogP contribution is -2.63. The summed E-state index contributed by atoms with van der Waals surface area (Å²) in [5.74, 6) is -2.12. The lowest BCUT2D eigenvalue weighted by atomic mass is 9.68. The van der Waals surface area contributed by atoms with Crippen LogP contribution in [0, 0.1) is 17.7 Å². The minimum Gasteiger partial charge on any atom is -0.493 e. The summed E-state index contributed by atoms with van der Waals surface area (Å²) in [6, 6.07) is 6.11. The number of likely N-dealkylation sites (tertiary alicyclic amines) is 1. The minimum atomic E-state index is -4.90. The summed E-state index contributed by atoms with van der Waals surface area (Å²) in [5.41, 5.74) is 0.526. The number of ether oxygens (including phenoxy) is 2. The van der Waals surface area contributed by atoms with Gasteiger partial charge in [0, 0.05) is 36.4 Å². The molecule has 0 spiro atoms. The van der Waals surface area contributed by atoms with Crippen molar-refractivity contribution in [3.63, 3.8) is 0 Å². The molecule has 7 nitrogen and oxygen atoms in total. The molecule has 1 unspecified atom stereocenters. The number of amides is 1. The number of nitrogens with zero attached hydrogens (tertiary/aromatic N) is 3. The van der Waals surface area contributed by atoms with E-state index >= 15 is 0 Å². The molecule has 1 saturated heterocycles. The second kappa shape index (κ2) is 9.11. The Kier molecular flexibility index (Phi) is 6.24. The third kappa shape index (κ3) is 4.34. The normalized spacial score (nSPS) is 21.2. The van der Waals surface area contributed by atoms with Gasteiger partial charge in [0.1, 0.15) is 18.2 Å². The molecule has 1 saturated carbocycles. The summed E-state index contributed by atoms with van der Waals surface area (Å²) < 4.78 is 64.7. The molecule has 1 aromatic heterocycles. The Bertz CT molecular complexity index is 1350. The van der Waals surface area contributed by atoms with Crippen LogP contribution in [0.3, 0.4) is 0 Å². The molecule has 3 aromatic rings. The van der Waals surface area contributed by atoms with Gasteiger partial charge in [-0.25, -0.2) is 14.4 Å². The SMILES string of the molecule is COc1cc2ncnc(Nc3ccc(Cl)c(Cl)c3F)c2cc1OC1[C@@H]2C[C@H]1CN(C(=O)C(F)(F)F)C2. The van der Waals surface area contributed by atoms with Gasteiger partial charge in [0.05, 0.1) is 28.4 Å². The number of fused-ring (bicyclic) bond motifs is 3. The number of benzene rings is 2. The minimum absolute atomic E-state index is 0.0398. The van der Waals surface area contributed by atoms with Crippen LogP contribution in [-0.2, 0) is 4.79 Å². The Morgan fingerprint density at radius 1 is 1.14 bits per heavy atom. The zero-order valence-corrected chi connectivity index (χ0v) is 20.1. The number of carbonyl (C=O) groups is 1. The first kappa shape index (κ1) is 24.6. The van der Waals surface area contributed by atoms with Crippen LogP contribution in [0.1, 0.15) is 6.42 Å². The highest BCUT2D eigenvalue weighted by molar-refractivity contribution is 6.42. The summed E-state index contributed by atoms with van der Waals surface area (Å²) in [4.78, 5) is 20.9. The van der Waals surface area contributed by atoms with Crippen LogP contribution in [0.5, 0.6) is 11.5 Å². The number of piperidine rings is 2. The molecule has 1 aliphatic heterocycles. The Morgan fingerprint density at radius 3 is 2.53 bits per heavy atom. The van der Waals surface area contributed by atoms with Gasteiger partial charge in [0.25, 0.3) is 0 Å². The number of rotatable bonds is 5. The van der Waals surface area contributed by atoms with Crippen molar-refractivity contribution in [2.24, 2.45) is 11.8 Å². The van der Waals surface area contributed by atoms with Crippen molar-refractivity contribution in [1.29, 1.82) is 0 Å². The molecular formula is C23H18Cl2F4N4O3. The number of carbonyl (C=O) groups excluding carboxylic acids is 1. The zero-order chi connectivity index (χ0) is 25.8. The smallest absolute Gasteiger partial charge is 0.471 e. The van der Waals surface area contributed by atoms with Gasteiger partial charge in [0.2, 0.25) is 0 Å². The summed E-state index contributed by atoms with van der Waals surface area (Å²) in [6.07, 6.45) is -3.34. The van der Waals surface area contributed by atoms with E-state index in [9.17, 15) is 22.4 Å². The number of anilines is 2. The average molecular weight is 545 g/mol. The lowest BCUT2D eigenvalue weighted by molar-refractivity contribution is -0.196. The third-order valence-corrected chi connectivity index (χ3v) is 7.23. The number of methoxy groups -OCH3 is 1. The largest absolute Gasteiger partial charge is 0.493 e. The van der Waals surface area contributed by atoms with Gasteiger partial charge >= 0.3 is 12.1 Å². The van der Waals surface area contributed by atoms with Crippen LogP contribution in [0.25, 0.3) is 10.9 Å². The maximum Gasteiger partial charge on any atom is 0.471 e. The molecule has 2 aliphatic rings. The highest BCUT2D eigenvalue weighted by Crippen LogP contribution is 2.46. The van der Waals surface area contributed by atoms with Crippen molar-refractivity contribution in [1.82, 2.24) is 14.9 Å². The molecule has 2 heterocycles. The molecule has 2 aromatic carbocycles. The summed E-state index contributed by atoms with van der Waals surface area (Å²) in [7, 11) is 1.45. The van der Waals surface area contributed by atoms with Crippen LogP contribution < -0.4 is 14.8 Å². The van der Waals surface area contributed by atoms with E-state index in [1.54, 1.807) is 12.1 Å². The lowest BCUT2D eigenvalue weighted by Gasteiger charge is -2.52. The van der Waals surface area contributed by atoms with E-state index < -0.39 is 17.9 Å². The van der Waals surface area contributed by atoms with Crippen molar-refractivity contribution < 1.29 is 31.8 Å². The molecule has 5 rings (SSSR count). The van der Waals surface area contributed by atoms with Crippen molar-refractivity contribution in [2.75, 3.05) is 25.5 Å². The number of halogens is 6. The van der Waals surface area contributed by atoms with Gasteiger partial charge in [-0.2, -0.15) is 13.2 Å². The van der Waals surface area contributed by atoms with E-state index in [1.807, 2.05) is 0 Å².